The molecule has 0 N–H and O–H groups in total. The number of likely N-dealkylation sites (tertiary alicyclic amines) is 1. The lowest BCUT2D eigenvalue weighted by atomic mass is 10.1. The molecule has 0 spiro atoms. The van der Waals surface area contributed by atoms with Crippen molar-refractivity contribution in [3.05, 3.63) is 0 Å². The molecule has 0 aromatic rings. The molecule has 0 bridgehead atoms. The first kappa shape index (κ1) is 18.1. The number of ether oxygens (including phenoxy) is 1. The highest BCUT2D eigenvalue weighted by atomic mass is 19.4. The lowest BCUT2D eigenvalue weighted by Gasteiger charge is -2.37. The number of likely N-dealkylation sites (N-methyl/N-ethyl adjacent to an activating group) is 1. The maximum atomic E-state index is 9.67. The van der Waals surface area contributed by atoms with E-state index in [0.29, 0.717) is 0 Å². The third-order valence-electron chi connectivity index (χ3n) is 2.73. The van der Waals surface area contributed by atoms with E-state index in [1.54, 1.807) is 7.11 Å². The maximum Gasteiger partial charge on any atom is 0.762 e. The molecule has 98 valence electrons. The fourth-order valence-corrected chi connectivity index (χ4v) is 1.81. The molecule has 1 heterocycles. The summed E-state index contributed by atoms with van der Waals surface area (Å²) in [7, 11) is 0.467. The quantitative estimate of drug-likeness (QED) is 0.357. The molecule has 0 amide bonds. The van der Waals surface area contributed by atoms with Crippen molar-refractivity contribution in [2.24, 2.45) is 0 Å². The summed E-state index contributed by atoms with van der Waals surface area (Å²) in [5.74, 6) is 0. The largest absolute Gasteiger partial charge is 1.00 e. The molecule has 1 rings (SSSR count). The predicted octanol–water partition coefficient (Wildman–Crippen LogP) is -0.853. The number of quaternary nitrogens is 1. The Morgan fingerprint density at radius 1 is 1.12 bits per heavy atom. The van der Waals surface area contributed by atoms with Crippen LogP contribution in [0.25, 0.3) is 0 Å². The van der Waals surface area contributed by atoms with Crippen molar-refractivity contribution in [2.75, 3.05) is 40.4 Å². The first-order valence-electron chi connectivity index (χ1n) is 5.25. The Labute approximate surface area is 94.9 Å². The second kappa shape index (κ2) is 9.90. The summed E-state index contributed by atoms with van der Waals surface area (Å²) in [4.78, 5) is 0. The third-order valence-corrected chi connectivity index (χ3v) is 2.73. The average Bonchev–Trinajstić information content (AvgIpc) is 2.15. The van der Waals surface area contributed by atoms with Gasteiger partial charge in [-0.2, -0.15) is 0 Å². The minimum absolute atomic E-state index is 0. The van der Waals surface area contributed by atoms with Crippen molar-refractivity contribution >= 4 is 7.54 Å². The molecule has 1 aliphatic rings. The van der Waals surface area contributed by atoms with E-state index in [2.05, 4.69) is 7.05 Å². The number of piperidine rings is 1. The Morgan fingerprint density at radius 3 is 1.94 bits per heavy atom. The Balaban J connectivity index is 0. The molecule has 0 unspecified atom stereocenters. The minimum atomic E-state index is -3.67. The van der Waals surface area contributed by atoms with Gasteiger partial charge in [-0.25, -0.2) is 0 Å². The van der Waals surface area contributed by atoms with Gasteiger partial charge in [-0.05, 0) is 19.3 Å². The molecule has 16 heavy (non-hydrogen) atoms. The van der Waals surface area contributed by atoms with E-state index >= 15 is 0 Å². The van der Waals surface area contributed by atoms with Crippen molar-refractivity contribution in [1.82, 2.24) is 0 Å². The first-order chi connectivity index (χ1) is 7.00. The van der Waals surface area contributed by atoms with Crippen LogP contribution in [-0.2, 0) is 4.74 Å². The molecular formula is C9H20BF4NO. The summed E-state index contributed by atoms with van der Waals surface area (Å²) in [6, 6.07) is 0. The maximum absolute atomic E-state index is 9.67. The normalized spacial score (nSPS) is 17.8. The zero-order valence-corrected chi connectivity index (χ0v) is 9.89. The Bertz CT molecular complexity index is 154. The van der Waals surface area contributed by atoms with Crippen LogP contribution in [0.1, 0.15) is 19.3 Å². The molecule has 0 aliphatic carbocycles. The Morgan fingerprint density at radius 2 is 1.56 bits per heavy atom. The van der Waals surface area contributed by atoms with E-state index in [4.69, 9.17) is 4.74 Å². The second-order valence-corrected chi connectivity index (χ2v) is 4.09. The van der Waals surface area contributed by atoms with Crippen LogP contribution in [0.5, 0.6) is 0 Å². The van der Waals surface area contributed by atoms with Crippen molar-refractivity contribution in [3.63, 3.8) is 0 Å². The highest BCUT2D eigenvalue weighted by molar-refractivity contribution is 6.33. The first-order valence-corrected chi connectivity index (χ1v) is 5.25. The van der Waals surface area contributed by atoms with Crippen LogP contribution in [-0.4, -0.2) is 52.4 Å². The summed E-state index contributed by atoms with van der Waals surface area (Å²) < 4.78 is 35.3. The topological polar surface area (TPSA) is 9.23 Å². The predicted molar refractivity (Wildman–Crippen MR) is 55.6 cm³/mol. The third kappa shape index (κ3) is 10.2. The molecule has 1 fully saturated rings. The molecular weight excluding hydrogens is 225 g/mol. The minimum Gasteiger partial charge on any atom is -1.00 e. The standard InChI is InChI=1S/C9H20NO.BF3.FH/c1-10(8-9-11-2)6-4-3-5-7-10;2-1(3)4;/h3-9H2,1-2H3;;1H/q+1;;/p-1. The number of methoxy groups -OCH3 is 1. The van der Waals surface area contributed by atoms with Crippen LogP contribution in [0.3, 0.4) is 0 Å². The van der Waals surface area contributed by atoms with Crippen molar-refractivity contribution in [2.45, 2.75) is 19.3 Å². The number of nitrogens with zero attached hydrogens (tertiary/aromatic N) is 1. The van der Waals surface area contributed by atoms with Gasteiger partial charge in [0.15, 0.2) is 0 Å². The molecule has 2 nitrogen and oxygen atoms in total. The van der Waals surface area contributed by atoms with Gasteiger partial charge in [0.1, 0.15) is 6.54 Å². The number of hydrogen-bond donors (Lipinski definition) is 0. The van der Waals surface area contributed by atoms with E-state index in [-0.39, 0.29) is 4.70 Å². The fourth-order valence-electron chi connectivity index (χ4n) is 1.81. The SMILES string of the molecule is COCC[N+]1(C)CCCCC1.FB(F)F.[F-]. The van der Waals surface area contributed by atoms with Crippen LogP contribution in [0.4, 0.5) is 12.9 Å². The van der Waals surface area contributed by atoms with Crippen molar-refractivity contribution < 1.29 is 26.9 Å². The Hall–Kier alpha value is -0.295. The van der Waals surface area contributed by atoms with Gasteiger partial charge in [0, 0.05) is 7.11 Å². The van der Waals surface area contributed by atoms with E-state index in [1.165, 1.54) is 43.4 Å². The van der Waals surface area contributed by atoms with Crippen LogP contribution in [0.15, 0.2) is 0 Å². The summed E-state index contributed by atoms with van der Waals surface area (Å²) in [5.41, 5.74) is 0. The Kier molecular flexibility index (Phi) is 11.2. The van der Waals surface area contributed by atoms with Gasteiger partial charge in [-0.1, -0.05) is 0 Å². The van der Waals surface area contributed by atoms with Gasteiger partial charge < -0.3 is 13.9 Å². The van der Waals surface area contributed by atoms with Crippen LogP contribution < -0.4 is 4.70 Å². The zero-order chi connectivity index (χ0) is 11.7. The zero-order valence-electron chi connectivity index (χ0n) is 9.89. The molecule has 7 heteroatoms. The lowest BCUT2D eigenvalue weighted by molar-refractivity contribution is -0.914. The fraction of sp³-hybridized carbons (Fsp3) is 1.00. The molecule has 0 aromatic heterocycles. The summed E-state index contributed by atoms with van der Waals surface area (Å²) in [6.07, 6.45) is 4.24. The molecule has 1 saturated heterocycles. The molecule has 0 radical (unpaired) electrons. The van der Waals surface area contributed by atoms with Gasteiger partial charge in [-0.15, -0.1) is 0 Å². The number of halogens is 4. The van der Waals surface area contributed by atoms with Gasteiger partial charge >= 0.3 is 7.54 Å². The van der Waals surface area contributed by atoms with Crippen LogP contribution >= 0.6 is 0 Å². The van der Waals surface area contributed by atoms with Crippen LogP contribution in [0.2, 0.25) is 0 Å². The summed E-state index contributed by atoms with van der Waals surface area (Å²) in [6.45, 7) is 4.81. The van der Waals surface area contributed by atoms with Gasteiger partial charge in [0.25, 0.3) is 0 Å². The van der Waals surface area contributed by atoms with Gasteiger partial charge in [-0.3, -0.25) is 12.9 Å². The monoisotopic (exact) mass is 245 g/mol. The molecule has 0 saturated carbocycles. The average molecular weight is 245 g/mol. The number of rotatable bonds is 3. The van der Waals surface area contributed by atoms with E-state index in [0.717, 1.165) is 6.61 Å². The number of hydrogen-bond acceptors (Lipinski definition) is 1. The van der Waals surface area contributed by atoms with Crippen molar-refractivity contribution in [1.29, 1.82) is 0 Å². The smallest absolute Gasteiger partial charge is 0.762 e. The van der Waals surface area contributed by atoms with Gasteiger partial charge in [0.05, 0.1) is 26.7 Å². The van der Waals surface area contributed by atoms with Crippen molar-refractivity contribution in [3.8, 4) is 0 Å². The highest BCUT2D eigenvalue weighted by Crippen LogP contribution is 2.15. The van der Waals surface area contributed by atoms with Crippen LogP contribution in [0, 0.1) is 0 Å². The molecule has 0 atom stereocenters. The summed E-state index contributed by atoms with van der Waals surface area (Å²) in [5, 5.41) is 0. The lowest BCUT2D eigenvalue weighted by Crippen LogP contribution is -3.00. The van der Waals surface area contributed by atoms with E-state index < -0.39 is 7.54 Å². The molecule has 0 aromatic carbocycles. The second-order valence-electron chi connectivity index (χ2n) is 4.09. The van der Waals surface area contributed by atoms with Gasteiger partial charge in [0.2, 0.25) is 0 Å². The van der Waals surface area contributed by atoms with E-state index in [1.807, 2.05) is 0 Å². The summed E-state index contributed by atoms with van der Waals surface area (Å²) >= 11 is 0. The highest BCUT2D eigenvalue weighted by Gasteiger charge is 2.23. The van der Waals surface area contributed by atoms with E-state index in [9.17, 15) is 12.9 Å². The molecule has 1 aliphatic heterocycles.